The van der Waals surface area contributed by atoms with Gasteiger partial charge in [0.15, 0.2) is 6.10 Å². The van der Waals surface area contributed by atoms with Crippen LogP contribution in [0.4, 0.5) is 0 Å². The molecule has 2 aromatic rings. The van der Waals surface area contributed by atoms with Gasteiger partial charge in [0.2, 0.25) is 0 Å². The maximum Gasteiger partial charge on any atom is 0.270 e. The van der Waals surface area contributed by atoms with Crippen LogP contribution in [0.15, 0.2) is 65.4 Å². The van der Waals surface area contributed by atoms with Crippen LogP contribution in [-0.2, 0) is 4.84 Å². The van der Waals surface area contributed by atoms with Crippen LogP contribution in [0.25, 0.3) is 0 Å². The molecule has 1 aromatic carbocycles. The lowest BCUT2D eigenvalue weighted by Crippen LogP contribution is -2.27. The first-order valence-electron chi connectivity index (χ1n) is 9.30. The molecule has 2 heterocycles. The van der Waals surface area contributed by atoms with E-state index in [0.717, 1.165) is 16.8 Å². The van der Waals surface area contributed by atoms with E-state index in [1.165, 1.54) is 0 Å². The Bertz CT molecular complexity index is 933. The number of carbonyl (C=O) groups excluding carboxylic acids is 1. The quantitative estimate of drug-likeness (QED) is 0.776. The van der Waals surface area contributed by atoms with Gasteiger partial charge in [0.1, 0.15) is 17.2 Å². The first kappa shape index (κ1) is 19.5. The van der Waals surface area contributed by atoms with E-state index in [-0.39, 0.29) is 12.0 Å². The van der Waals surface area contributed by atoms with Gasteiger partial charge in [-0.1, -0.05) is 53.7 Å². The SMILES string of the molecule is C/C=C\C(=C/C)CNC(=O)c1cc(C2=NOC(c3ccccc3)C2)nc(C)n1. The second-order valence-electron chi connectivity index (χ2n) is 6.48. The van der Waals surface area contributed by atoms with Crippen LogP contribution in [0.2, 0.25) is 0 Å². The summed E-state index contributed by atoms with van der Waals surface area (Å²) in [5.74, 6) is 0.281. The van der Waals surface area contributed by atoms with Crippen molar-refractivity contribution in [1.82, 2.24) is 15.3 Å². The van der Waals surface area contributed by atoms with Crippen molar-refractivity contribution in [1.29, 1.82) is 0 Å². The average Bonchev–Trinajstić information content (AvgIpc) is 3.21. The summed E-state index contributed by atoms with van der Waals surface area (Å²) in [5.41, 5.74) is 3.76. The molecule has 0 aliphatic carbocycles. The number of aromatic nitrogens is 2. The van der Waals surface area contributed by atoms with E-state index in [1.807, 2.05) is 62.4 Å². The largest absolute Gasteiger partial charge is 0.387 e. The number of nitrogens with zero attached hydrogens (tertiary/aromatic N) is 3. The van der Waals surface area contributed by atoms with Crippen molar-refractivity contribution >= 4 is 11.6 Å². The lowest BCUT2D eigenvalue weighted by molar-refractivity contribution is 0.0857. The molecule has 0 saturated heterocycles. The highest BCUT2D eigenvalue weighted by atomic mass is 16.6. The fraction of sp³-hybridized carbons (Fsp3) is 0.273. The predicted molar refractivity (Wildman–Crippen MR) is 109 cm³/mol. The molecule has 6 nitrogen and oxygen atoms in total. The molecule has 0 radical (unpaired) electrons. The standard InChI is InChI=1S/C22H24N4O2/c1-4-9-16(5-2)14-23-22(27)20-12-18(24-15(3)25-20)19-13-21(28-26-19)17-10-7-6-8-11-17/h4-12,21H,13-14H2,1-3H3,(H,23,27)/b9-4-,16-5+. The van der Waals surface area contributed by atoms with Crippen molar-refractivity contribution in [2.24, 2.45) is 5.16 Å². The average molecular weight is 376 g/mol. The summed E-state index contributed by atoms with van der Waals surface area (Å²) in [6.07, 6.45) is 6.33. The van der Waals surface area contributed by atoms with Crippen molar-refractivity contribution in [3.05, 3.63) is 83.0 Å². The summed E-state index contributed by atoms with van der Waals surface area (Å²) in [6.45, 7) is 6.09. The molecule has 1 amide bonds. The Morgan fingerprint density at radius 3 is 2.75 bits per heavy atom. The van der Waals surface area contributed by atoms with E-state index in [9.17, 15) is 4.79 Å². The summed E-state index contributed by atoms with van der Waals surface area (Å²) in [5, 5.41) is 7.09. The molecule has 1 aliphatic rings. The zero-order valence-electron chi connectivity index (χ0n) is 16.3. The van der Waals surface area contributed by atoms with Gasteiger partial charge in [0.05, 0.1) is 5.69 Å². The number of nitrogens with one attached hydrogen (secondary N) is 1. The van der Waals surface area contributed by atoms with Gasteiger partial charge in [0.25, 0.3) is 5.91 Å². The molecule has 144 valence electrons. The molecular formula is C22H24N4O2. The van der Waals surface area contributed by atoms with Crippen LogP contribution >= 0.6 is 0 Å². The van der Waals surface area contributed by atoms with Crippen LogP contribution < -0.4 is 5.32 Å². The number of benzene rings is 1. The molecule has 0 saturated carbocycles. The van der Waals surface area contributed by atoms with Crippen LogP contribution in [0.1, 0.15) is 53.9 Å². The molecule has 6 heteroatoms. The first-order chi connectivity index (χ1) is 13.6. The lowest BCUT2D eigenvalue weighted by Gasteiger charge is -2.08. The zero-order valence-corrected chi connectivity index (χ0v) is 16.3. The Hall–Kier alpha value is -3.28. The number of hydrogen-bond donors (Lipinski definition) is 1. The molecule has 1 N–H and O–H groups in total. The molecule has 1 aliphatic heterocycles. The molecule has 0 fully saturated rings. The Kier molecular flexibility index (Phi) is 6.32. The Morgan fingerprint density at radius 1 is 1.25 bits per heavy atom. The van der Waals surface area contributed by atoms with Gasteiger partial charge < -0.3 is 10.2 Å². The highest BCUT2D eigenvalue weighted by Crippen LogP contribution is 2.28. The summed E-state index contributed by atoms with van der Waals surface area (Å²) >= 11 is 0. The van der Waals surface area contributed by atoms with Gasteiger partial charge in [-0.2, -0.15) is 0 Å². The lowest BCUT2D eigenvalue weighted by atomic mass is 10.0. The molecule has 3 rings (SSSR count). The number of rotatable bonds is 6. The van der Waals surface area contributed by atoms with Crippen molar-refractivity contribution < 1.29 is 9.63 Å². The number of amides is 1. The number of hydrogen-bond acceptors (Lipinski definition) is 5. The fourth-order valence-electron chi connectivity index (χ4n) is 2.95. The molecule has 0 spiro atoms. The second kappa shape index (κ2) is 9.08. The summed E-state index contributed by atoms with van der Waals surface area (Å²) in [4.78, 5) is 26.8. The number of oxime groups is 1. The summed E-state index contributed by atoms with van der Waals surface area (Å²) in [6, 6.07) is 11.6. The van der Waals surface area contributed by atoms with Gasteiger partial charge in [-0.15, -0.1) is 0 Å². The summed E-state index contributed by atoms with van der Waals surface area (Å²) in [7, 11) is 0. The molecule has 0 bridgehead atoms. The maximum absolute atomic E-state index is 12.6. The molecular weight excluding hydrogens is 352 g/mol. The van der Waals surface area contributed by atoms with E-state index in [1.54, 1.807) is 13.0 Å². The number of allylic oxidation sites excluding steroid dienone is 2. The van der Waals surface area contributed by atoms with Gasteiger partial charge in [-0.3, -0.25) is 4.79 Å². The molecule has 1 unspecified atom stereocenters. The topological polar surface area (TPSA) is 76.5 Å². The predicted octanol–water partition coefficient (Wildman–Crippen LogP) is 3.90. The van der Waals surface area contributed by atoms with Crippen molar-refractivity contribution in [3.8, 4) is 0 Å². The monoisotopic (exact) mass is 376 g/mol. The summed E-state index contributed by atoms with van der Waals surface area (Å²) < 4.78 is 0. The highest BCUT2D eigenvalue weighted by molar-refractivity contribution is 6.02. The smallest absolute Gasteiger partial charge is 0.270 e. The highest BCUT2D eigenvalue weighted by Gasteiger charge is 2.25. The molecule has 1 aromatic heterocycles. The molecule has 1 atom stereocenters. The zero-order chi connectivity index (χ0) is 19.9. The van der Waals surface area contributed by atoms with Crippen molar-refractivity contribution in [3.63, 3.8) is 0 Å². The third kappa shape index (κ3) is 4.71. The van der Waals surface area contributed by atoms with Crippen LogP contribution in [0.5, 0.6) is 0 Å². The minimum absolute atomic E-state index is 0.137. The van der Waals surface area contributed by atoms with Gasteiger partial charge in [-0.25, -0.2) is 9.97 Å². The third-order valence-electron chi connectivity index (χ3n) is 4.41. The van der Waals surface area contributed by atoms with Crippen molar-refractivity contribution in [2.75, 3.05) is 6.54 Å². The Balaban J connectivity index is 1.72. The van der Waals surface area contributed by atoms with E-state index >= 15 is 0 Å². The Labute approximate surface area is 165 Å². The van der Waals surface area contributed by atoms with Crippen LogP contribution in [0.3, 0.4) is 0 Å². The number of aryl methyl sites for hydroxylation is 1. The fourth-order valence-corrected chi connectivity index (χ4v) is 2.95. The third-order valence-corrected chi connectivity index (χ3v) is 4.41. The minimum Gasteiger partial charge on any atom is -0.387 e. The van der Waals surface area contributed by atoms with E-state index in [2.05, 4.69) is 20.4 Å². The van der Waals surface area contributed by atoms with Crippen molar-refractivity contribution in [2.45, 2.75) is 33.3 Å². The Morgan fingerprint density at radius 2 is 2.04 bits per heavy atom. The number of carbonyl (C=O) groups is 1. The van der Waals surface area contributed by atoms with Crippen LogP contribution in [0, 0.1) is 6.92 Å². The van der Waals surface area contributed by atoms with E-state index < -0.39 is 0 Å². The van der Waals surface area contributed by atoms with Gasteiger partial charge >= 0.3 is 0 Å². The second-order valence-corrected chi connectivity index (χ2v) is 6.48. The maximum atomic E-state index is 12.6. The van der Waals surface area contributed by atoms with Gasteiger partial charge in [0, 0.05) is 13.0 Å². The molecule has 28 heavy (non-hydrogen) atoms. The van der Waals surface area contributed by atoms with Gasteiger partial charge in [-0.05, 0) is 38.0 Å². The minimum atomic E-state index is -0.241. The van der Waals surface area contributed by atoms with E-state index in [4.69, 9.17) is 4.84 Å². The van der Waals surface area contributed by atoms with Crippen LogP contribution in [-0.4, -0.2) is 28.1 Å². The first-order valence-corrected chi connectivity index (χ1v) is 9.30. The van der Waals surface area contributed by atoms with E-state index in [0.29, 0.717) is 30.2 Å². The normalized spacial score (nSPS) is 16.8.